The molecule has 0 spiro atoms. The maximum Gasteiger partial charge on any atom is 0.133 e. The van der Waals surface area contributed by atoms with Gasteiger partial charge in [-0.1, -0.05) is 82.5 Å². The highest BCUT2D eigenvalue weighted by molar-refractivity contribution is 5.83. The molecule has 2 heteroatoms. The first-order valence-corrected chi connectivity index (χ1v) is 9.04. The molecule has 1 aromatic carbocycles. The number of rotatable bonds is 10. The van der Waals surface area contributed by atoms with Crippen molar-refractivity contribution < 1.29 is 4.79 Å². The zero-order chi connectivity index (χ0) is 19.1. The van der Waals surface area contributed by atoms with E-state index < -0.39 is 0 Å². The van der Waals surface area contributed by atoms with Crippen LogP contribution in [0.4, 0.5) is 0 Å². The number of carbonyl (C=O) groups is 1. The van der Waals surface area contributed by atoms with Crippen LogP contribution in [0.15, 0.2) is 67.3 Å². The highest BCUT2D eigenvalue weighted by Gasteiger charge is 2.09. The van der Waals surface area contributed by atoms with Gasteiger partial charge in [-0.15, -0.1) is 0 Å². The SMILES string of the molecule is C=C/C=C(C=C)/C(=C\CCN(C)CC=O)c1ccccc1CC.CC. The maximum atomic E-state index is 10.6. The van der Waals surface area contributed by atoms with Crippen LogP contribution < -0.4 is 0 Å². The fourth-order valence-corrected chi connectivity index (χ4v) is 2.52. The number of nitrogens with zero attached hydrogens (tertiary/aromatic N) is 1. The van der Waals surface area contributed by atoms with Crippen molar-refractivity contribution in [2.45, 2.75) is 33.6 Å². The van der Waals surface area contributed by atoms with Crippen LogP contribution in [0.1, 0.15) is 38.3 Å². The van der Waals surface area contributed by atoms with Crippen LogP contribution in [-0.4, -0.2) is 31.3 Å². The molecule has 0 amide bonds. The number of aryl methyl sites for hydroxylation is 1. The summed E-state index contributed by atoms with van der Waals surface area (Å²) in [6.07, 6.45) is 10.7. The number of carbonyl (C=O) groups excluding carboxylic acids is 1. The Hall–Kier alpha value is -2.19. The highest BCUT2D eigenvalue weighted by Crippen LogP contribution is 2.28. The van der Waals surface area contributed by atoms with Crippen molar-refractivity contribution in [2.24, 2.45) is 0 Å². The highest BCUT2D eigenvalue weighted by atomic mass is 16.1. The molecule has 1 aromatic rings. The van der Waals surface area contributed by atoms with Crippen LogP contribution in [0, 0.1) is 0 Å². The second kappa shape index (κ2) is 14.2. The molecule has 0 radical (unpaired) electrons. The third-order valence-electron chi connectivity index (χ3n) is 3.76. The molecule has 0 aliphatic rings. The summed E-state index contributed by atoms with van der Waals surface area (Å²) in [7, 11) is 1.95. The van der Waals surface area contributed by atoms with Gasteiger partial charge in [0.1, 0.15) is 6.29 Å². The van der Waals surface area contributed by atoms with E-state index in [4.69, 9.17) is 0 Å². The van der Waals surface area contributed by atoms with E-state index in [2.05, 4.69) is 50.4 Å². The quantitative estimate of drug-likeness (QED) is 0.416. The lowest BCUT2D eigenvalue weighted by Gasteiger charge is -2.15. The molecular weight excluding hydrogens is 306 g/mol. The molecular formula is C23H33NO. The number of likely N-dealkylation sites (N-methyl/N-ethyl adjacent to an activating group) is 1. The number of aldehydes is 1. The van der Waals surface area contributed by atoms with E-state index in [0.717, 1.165) is 31.2 Å². The minimum absolute atomic E-state index is 0.464. The molecule has 0 fully saturated rings. The Labute approximate surface area is 154 Å². The van der Waals surface area contributed by atoms with Gasteiger partial charge in [0.2, 0.25) is 0 Å². The number of hydrogen-bond donors (Lipinski definition) is 0. The van der Waals surface area contributed by atoms with Crippen LogP contribution in [0.5, 0.6) is 0 Å². The first kappa shape index (κ1) is 22.8. The molecule has 25 heavy (non-hydrogen) atoms. The molecule has 0 saturated carbocycles. The lowest BCUT2D eigenvalue weighted by molar-refractivity contribution is -0.108. The monoisotopic (exact) mass is 339 g/mol. The average molecular weight is 340 g/mol. The van der Waals surface area contributed by atoms with E-state index in [1.165, 1.54) is 16.7 Å². The van der Waals surface area contributed by atoms with Gasteiger partial charge in [0.05, 0.1) is 6.54 Å². The van der Waals surface area contributed by atoms with E-state index >= 15 is 0 Å². The van der Waals surface area contributed by atoms with E-state index in [1.54, 1.807) is 6.08 Å². The van der Waals surface area contributed by atoms with Crippen LogP contribution in [0.25, 0.3) is 5.57 Å². The summed E-state index contributed by atoms with van der Waals surface area (Å²) >= 11 is 0. The Kier molecular flexibility index (Phi) is 12.9. The first-order valence-electron chi connectivity index (χ1n) is 9.04. The zero-order valence-corrected chi connectivity index (χ0v) is 16.3. The van der Waals surface area contributed by atoms with Gasteiger partial charge < -0.3 is 4.79 Å². The average Bonchev–Trinajstić information content (AvgIpc) is 2.65. The van der Waals surface area contributed by atoms with Gasteiger partial charge in [-0.05, 0) is 42.2 Å². The summed E-state index contributed by atoms with van der Waals surface area (Å²) in [6, 6.07) is 8.45. The van der Waals surface area contributed by atoms with Gasteiger partial charge in [0.15, 0.2) is 0 Å². The lowest BCUT2D eigenvalue weighted by Crippen LogP contribution is -2.21. The summed E-state index contributed by atoms with van der Waals surface area (Å²) in [5.41, 5.74) is 4.80. The van der Waals surface area contributed by atoms with Crippen molar-refractivity contribution in [2.75, 3.05) is 20.1 Å². The molecule has 0 heterocycles. The standard InChI is InChI=1S/C21H27NO.C2H6/c1-5-11-18(6-2)21(14-10-15-22(4)16-17-23)20-13-9-8-12-19(20)7-3;1-2/h5-6,8-9,11-14,17H,1-2,7,10,15-16H2,3-4H3;1-2H3/b18-11+,21-14+;. The second-order valence-electron chi connectivity index (χ2n) is 5.41. The van der Waals surface area contributed by atoms with Crippen LogP contribution in [0.2, 0.25) is 0 Å². The molecule has 0 saturated heterocycles. The van der Waals surface area contributed by atoms with E-state index in [-0.39, 0.29) is 0 Å². The van der Waals surface area contributed by atoms with Gasteiger partial charge >= 0.3 is 0 Å². The summed E-state index contributed by atoms with van der Waals surface area (Å²) in [6.45, 7) is 15.2. The van der Waals surface area contributed by atoms with E-state index in [0.29, 0.717) is 6.54 Å². The molecule has 0 aliphatic heterocycles. The van der Waals surface area contributed by atoms with Gasteiger partial charge in [-0.3, -0.25) is 4.90 Å². The van der Waals surface area contributed by atoms with Crippen molar-refractivity contribution in [1.82, 2.24) is 4.90 Å². The fraction of sp³-hybridized carbons (Fsp3) is 0.348. The Balaban J connectivity index is 0.00000277. The second-order valence-corrected chi connectivity index (χ2v) is 5.41. The number of allylic oxidation sites excluding steroid dienone is 5. The summed E-state index contributed by atoms with van der Waals surface area (Å²) in [4.78, 5) is 12.6. The van der Waals surface area contributed by atoms with Gasteiger partial charge in [0.25, 0.3) is 0 Å². The Morgan fingerprint density at radius 3 is 2.44 bits per heavy atom. The fourth-order valence-electron chi connectivity index (χ4n) is 2.52. The van der Waals surface area contributed by atoms with E-state index in [9.17, 15) is 4.79 Å². The first-order chi connectivity index (χ1) is 12.2. The zero-order valence-electron chi connectivity index (χ0n) is 16.3. The van der Waals surface area contributed by atoms with Gasteiger partial charge in [-0.25, -0.2) is 0 Å². The molecule has 0 aromatic heterocycles. The normalized spacial score (nSPS) is 11.6. The van der Waals surface area contributed by atoms with Gasteiger partial charge in [-0.2, -0.15) is 0 Å². The number of benzene rings is 1. The molecule has 0 aliphatic carbocycles. The molecule has 0 atom stereocenters. The van der Waals surface area contributed by atoms with Gasteiger partial charge in [0, 0.05) is 6.54 Å². The minimum Gasteiger partial charge on any atom is -0.302 e. The summed E-state index contributed by atoms with van der Waals surface area (Å²) in [5.74, 6) is 0. The van der Waals surface area contributed by atoms with Crippen molar-refractivity contribution in [1.29, 1.82) is 0 Å². The maximum absolute atomic E-state index is 10.6. The lowest BCUT2D eigenvalue weighted by atomic mass is 9.91. The molecule has 136 valence electrons. The Morgan fingerprint density at radius 2 is 1.88 bits per heavy atom. The Morgan fingerprint density at radius 1 is 1.20 bits per heavy atom. The van der Waals surface area contributed by atoms with E-state index in [1.807, 2.05) is 37.9 Å². The van der Waals surface area contributed by atoms with Crippen molar-refractivity contribution in [3.8, 4) is 0 Å². The molecule has 0 N–H and O–H groups in total. The van der Waals surface area contributed by atoms with Crippen molar-refractivity contribution in [3.63, 3.8) is 0 Å². The smallest absolute Gasteiger partial charge is 0.133 e. The predicted molar refractivity (Wildman–Crippen MR) is 112 cm³/mol. The Bertz CT molecular complexity index is 596. The third kappa shape index (κ3) is 7.95. The molecule has 0 bridgehead atoms. The molecule has 2 nitrogen and oxygen atoms in total. The summed E-state index contributed by atoms with van der Waals surface area (Å²) in [5, 5.41) is 0. The largest absolute Gasteiger partial charge is 0.302 e. The molecule has 1 rings (SSSR count). The van der Waals surface area contributed by atoms with Crippen LogP contribution >= 0.6 is 0 Å². The number of hydrogen-bond acceptors (Lipinski definition) is 2. The molecule has 0 unspecified atom stereocenters. The predicted octanol–water partition coefficient (Wildman–Crippen LogP) is 5.48. The topological polar surface area (TPSA) is 20.3 Å². The minimum atomic E-state index is 0.464. The third-order valence-corrected chi connectivity index (χ3v) is 3.76. The van der Waals surface area contributed by atoms with Crippen molar-refractivity contribution >= 4 is 11.9 Å². The van der Waals surface area contributed by atoms with Crippen LogP contribution in [0.3, 0.4) is 0 Å². The van der Waals surface area contributed by atoms with Crippen molar-refractivity contribution in [3.05, 3.63) is 78.4 Å². The van der Waals surface area contributed by atoms with Crippen LogP contribution in [-0.2, 0) is 11.2 Å². The summed E-state index contributed by atoms with van der Waals surface area (Å²) < 4.78 is 0.